The summed E-state index contributed by atoms with van der Waals surface area (Å²) in [5.41, 5.74) is 12.9. The standard InChI is InChI=1S/C47H34N2O/c1-47(26-11-10-20-41(47)38-19-12-18-37-34-17-8-9-21-42(34)50-46(37)38)43-29-48-44-35-24-22-32(30-13-4-2-5-14-30)27-39(35)40-28-33(31-15-6-3-7-16-31)23-25-36(40)45(44)49-43/h2-25,27,29,33H,26,28H2,1H3. The summed E-state index contributed by atoms with van der Waals surface area (Å²) >= 11 is 0. The van der Waals surface area contributed by atoms with Crippen LogP contribution in [0, 0.1) is 0 Å². The Bertz CT molecular complexity index is 2720. The van der Waals surface area contributed by atoms with E-state index in [-0.39, 0.29) is 0 Å². The maximum atomic E-state index is 6.54. The fraction of sp³-hybridized carbons (Fsp3) is 0.106. The SMILES string of the molecule is CC1(c2cnc3c(n2)c2c(c4cc(-c5ccccc5)ccc43)CC(c3ccccc3)C=C2)CC=CC=C1c1cccc2c1oc1ccccc12. The number of hydrogen-bond donors (Lipinski definition) is 0. The number of allylic oxidation sites excluding steroid dienone is 5. The molecule has 0 amide bonds. The van der Waals surface area contributed by atoms with Crippen LogP contribution in [0.25, 0.3) is 66.5 Å². The minimum atomic E-state index is -0.410. The summed E-state index contributed by atoms with van der Waals surface area (Å²) in [6.45, 7) is 2.31. The van der Waals surface area contributed by atoms with Crippen molar-refractivity contribution in [3.63, 3.8) is 0 Å². The van der Waals surface area contributed by atoms with Gasteiger partial charge in [-0.15, -0.1) is 0 Å². The molecule has 3 heteroatoms. The Kier molecular flexibility index (Phi) is 6.50. The molecule has 0 radical (unpaired) electrons. The number of aromatic nitrogens is 2. The average molecular weight is 643 g/mol. The van der Waals surface area contributed by atoms with Crippen LogP contribution in [0.4, 0.5) is 0 Å². The maximum absolute atomic E-state index is 6.54. The molecule has 238 valence electrons. The van der Waals surface area contributed by atoms with Crippen molar-refractivity contribution < 1.29 is 4.42 Å². The first-order valence-electron chi connectivity index (χ1n) is 17.5. The van der Waals surface area contributed by atoms with Crippen LogP contribution in [-0.4, -0.2) is 9.97 Å². The van der Waals surface area contributed by atoms with Crippen molar-refractivity contribution in [1.82, 2.24) is 9.97 Å². The van der Waals surface area contributed by atoms with Gasteiger partial charge >= 0.3 is 0 Å². The Balaban J connectivity index is 1.17. The molecule has 2 unspecified atom stereocenters. The zero-order valence-corrected chi connectivity index (χ0v) is 27.8. The highest BCUT2D eigenvalue weighted by molar-refractivity contribution is 6.11. The number of nitrogens with zero attached hydrogens (tertiary/aromatic N) is 2. The number of para-hydroxylation sites is 2. The van der Waals surface area contributed by atoms with Gasteiger partial charge in [-0.1, -0.05) is 140 Å². The van der Waals surface area contributed by atoms with Gasteiger partial charge in [-0.2, -0.15) is 0 Å². The summed E-state index contributed by atoms with van der Waals surface area (Å²) in [6.07, 6.45) is 15.1. The molecule has 2 aliphatic rings. The predicted molar refractivity (Wildman–Crippen MR) is 207 cm³/mol. The Morgan fingerprint density at radius 1 is 0.720 bits per heavy atom. The molecule has 50 heavy (non-hydrogen) atoms. The lowest BCUT2D eigenvalue weighted by molar-refractivity contribution is 0.596. The Morgan fingerprint density at radius 2 is 1.52 bits per heavy atom. The topological polar surface area (TPSA) is 38.9 Å². The Hall–Kier alpha value is -6.06. The summed E-state index contributed by atoms with van der Waals surface area (Å²) < 4.78 is 6.54. The average Bonchev–Trinajstić information content (AvgIpc) is 3.57. The van der Waals surface area contributed by atoms with Crippen molar-refractivity contribution in [1.29, 1.82) is 0 Å². The monoisotopic (exact) mass is 642 g/mol. The first-order chi connectivity index (χ1) is 24.7. The summed E-state index contributed by atoms with van der Waals surface area (Å²) in [6, 6.07) is 43.1. The zero-order valence-electron chi connectivity index (χ0n) is 27.8. The third kappa shape index (κ3) is 4.43. The van der Waals surface area contributed by atoms with Crippen LogP contribution in [0.15, 0.2) is 156 Å². The molecule has 0 aliphatic heterocycles. The second-order valence-corrected chi connectivity index (χ2v) is 13.9. The van der Waals surface area contributed by atoms with Crippen molar-refractivity contribution in [3.8, 4) is 11.1 Å². The Morgan fingerprint density at radius 3 is 2.40 bits per heavy atom. The summed E-state index contributed by atoms with van der Waals surface area (Å²) in [7, 11) is 0. The van der Waals surface area contributed by atoms with E-state index in [1.54, 1.807) is 0 Å². The van der Waals surface area contributed by atoms with Crippen molar-refractivity contribution in [2.45, 2.75) is 31.1 Å². The molecule has 2 aliphatic carbocycles. The highest BCUT2D eigenvalue weighted by atomic mass is 16.3. The summed E-state index contributed by atoms with van der Waals surface area (Å²) in [4.78, 5) is 10.9. The molecule has 0 saturated carbocycles. The van der Waals surface area contributed by atoms with Gasteiger partial charge in [0.1, 0.15) is 11.2 Å². The van der Waals surface area contributed by atoms with Crippen molar-refractivity contribution in [3.05, 3.63) is 180 Å². The lowest BCUT2D eigenvalue weighted by Crippen LogP contribution is -2.26. The second-order valence-electron chi connectivity index (χ2n) is 13.9. The minimum Gasteiger partial charge on any atom is -0.455 e. The van der Waals surface area contributed by atoms with Crippen molar-refractivity contribution in [2.75, 3.05) is 0 Å². The number of furan rings is 1. The van der Waals surface area contributed by atoms with E-state index in [0.29, 0.717) is 5.92 Å². The molecule has 8 aromatic rings. The third-order valence-corrected chi connectivity index (χ3v) is 11.0. The molecule has 0 N–H and O–H groups in total. The van der Waals surface area contributed by atoms with E-state index in [9.17, 15) is 0 Å². The highest BCUT2D eigenvalue weighted by Crippen LogP contribution is 2.47. The molecule has 0 bridgehead atoms. The fourth-order valence-electron chi connectivity index (χ4n) is 8.32. The van der Waals surface area contributed by atoms with E-state index in [0.717, 1.165) is 62.5 Å². The smallest absolute Gasteiger partial charge is 0.142 e. The van der Waals surface area contributed by atoms with Gasteiger partial charge in [-0.25, -0.2) is 4.98 Å². The highest BCUT2D eigenvalue weighted by Gasteiger charge is 2.36. The maximum Gasteiger partial charge on any atom is 0.142 e. The Labute approximate surface area is 290 Å². The van der Waals surface area contributed by atoms with E-state index in [2.05, 4.69) is 153 Å². The van der Waals surface area contributed by atoms with Gasteiger partial charge in [0.2, 0.25) is 0 Å². The molecule has 0 fully saturated rings. The van der Waals surface area contributed by atoms with Crippen LogP contribution >= 0.6 is 0 Å². The first-order valence-corrected chi connectivity index (χ1v) is 17.5. The number of rotatable bonds is 4. The van der Waals surface area contributed by atoms with Crippen LogP contribution in [-0.2, 0) is 11.8 Å². The summed E-state index contributed by atoms with van der Waals surface area (Å²) in [5.74, 6) is 0.292. The number of benzene rings is 6. The van der Waals surface area contributed by atoms with Crippen LogP contribution in [0.3, 0.4) is 0 Å². The van der Waals surface area contributed by atoms with E-state index >= 15 is 0 Å². The van der Waals surface area contributed by atoms with E-state index in [1.165, 1.54) is 38.8 Å². The van der Waals surface area contributed by atoms with Crippen LogP contribution < -0.4 is 0 Å². The number of hydrogen-bond acceptors (Lipinski definition) is 3. The first kappa shape index (κ1) is 28.9. The quantitative estimate of drug-likeness (QED) is 0.179. The lowest BCUT2D eigenvalue weighted by atomic mass is 9.71. The van der Waals surface area contributed by atoms with Crippen molar-refractivity contribution >= 4 is 55.4 Å². The molecule has 3 nitrogen and oxygen atoms in total. The fourth-order valence-corrected chi connectivity index (χ4v) is 8.32. The molecule has 6 aromatic carbocycles. The zero-order chi connectivity index (χ0) is 33.2. The second kappa shape index (κ2) is 11.2. The molecule has 2 heterocycles. The van der Waals surface area contributed by atoms with Gasteiger partial charge in [0.05, 0.1) is 22.9 Å². The largest absolute Gasteiger partial charge is 0.455 e. The van der Waals surface area contributed by atoms with Crippen LogP contribution in [0.5, 0.6) is 0 Å². The summed E-state index contributed by atoms with van der Waals surface area (Å²) in [5, 5.41) is 4.67. The molecular formula is C47H34N2O. The third-order valence-electron chi connectivity index (χ3n) is 11.0. The molecule has 10 rings (SSSR count). The van der Waals surface area contributed by atoms with Gasteiger partial charge in [0.25, 0.3) is 0 Å². The molecule has 2 aromatic heterocycles. The lowest BCUT2D eigenvalue weighted by Gasteiger charge is -2.33. The van der Waals surface area contributed by atoms with Gasteiger partial charge in [0.15, 0.2) is 0 Å². The molecule has 0 saturated heterocycles. The normalized spacial score (nSPS) is 18.6. The van der Waals surface area contributed by atoms with E-state index < -0.39 is 5.41 Å². The van der Waals surface area contributed by atoms with Gasteiger partial charge in [-0.05, 0) is 65.1 Å². The van der Waals surface area contributed by atoms with Crippen molar-refractivity contribution in [2.24, 2.45) is 0 Å². The number of fused-ring (bicyclic) bond motifs is 9. The van der Waals surface area contributed by atoms with E-state index in [4.69, 9.17) is 14.4 Å². The van der Waals surface area contributed by atoms with Gasteiger partial charge < -0.3 is 4.42 Å². The van der Waals surface area contributed by atoms with Crippen LogP contribution in [0.2, 0.25) is 0 Å². The van der Waals surface area contributed by atoms with Gasteiger partial charge in [-0.3, -0.25) is 4.98 Å². The minimum absolute atomic E-state index is 0.292. The molecule has 0 spiro atoms. The van der Waals surface area contributed by atoms with Gasteiger partial charge in [0, 0.05) is 38.6 Å². The van der Waals surface area contributed by atoms with Crippen LogP contribution in [0.1, 0.15) is 47.2 Å². The van der Waals surface area contributed by atoms with E-state index in [1.807, 2.05) is 12.3 Å². The molecule has 2 atom stereocenters. The molecular weight excluding hydrogens is 609 g/mol. The predicted octanol–water partition coefficient (Wildman–Crippen LogP) is 12.0.